The third-order valence-electron chi connectivity index (χ3n) is 2.94. The Bertz CT molecular complexity index is 537. The van der Waals surface area contributed by atoms with E-state index in [1.165, 1.54) is 0 Å². The summed E-state index contributed by atoms with van der Waals surface area (Å²) in [4.78, 5) is 20.3. The van der Waals surface area contributed by atoms with Crippen LogP contribution in [0, 0.1) is 0 Å². The van der Waals surface area contributed by atoms with Crippen LogP contribution in [0.25, 0.3) is 11.4 Å². The number of benzene rings is 1. The van der Waals surface area contributed by atoms with Crippen LogP contribution < -0.4 is 5.32 Å². The molecule has 2 rings (SSSR count). The summed E-state index contributed by atoms with van der Waals surface area (Å²) in [6.45, 7) is 4.00. The van der Waals surface area contributed by atoms with Gasteiger partial charge in [-0.1, -0.05) is 37.3 Å². The van der Waals surface area contributed by atoms with E-state index in [1.54, 1.807) is 12.4 Å². The van der Waals surface area contributed by atoms with Gasteiger partial charge in [-0.15, -0.1) is 0 Å². The lowest BCUT2D eigenvalue weighted by Crippen LogP contribution is -2.32. The highest BCUT2D eigenvalue weighted by Gasteiger charge is 2.09. The quantitative estimate of drug-likeness (QED) is 0.913. The van der Waals surface area contributed by atoms with Gasteiger partial charge in [0.25, 0.3) is 5.91 Å². The van der Waals surface area contributed by atoms with Crippen LogP contribution in [0.2, 0.25) is 0 Å². The first-order chi connectivity index (χ1) is 9.20. The normalized spacial score (nSPS) is 11.9. The predicted molar refractivity (Wildman–Crippen MR) is 74.7 cm³/mol. The average molecular weight is 255 g/mol. The largest absolute Gasteiger partial charge is 0.350 e. The molecule has 0 saturated carbocycles. The van der Waals surface area contributed by atoms with E-state index in [4.69, 9.17) is 0 Å². The second-order valence-corrected chi connectivity index (χ2v) is 4.44. The highest BCUT2D eigenvalue weighted by molar-refractivity contribution is 5.93. The average Bonchev–Trinajstić information content (AvgIpc) is 2.48. The molecule has 2 aromatic rings. The van der Waals surface area contributed by atoms with E-state index in [1.807, 2.05) is 44.2 Å². The minimum Gasteiger partial charge on any atom is -0.350 e. The van der Waals surface area contributed by atoms with E-state index in [-0.39, 0.29) is 11.9 Å². The monoisotopic (exact) mass is 255 g/mol. The molecule has 0 saturated heterocycles. The van der Waals surface area contributed by atoms with Gasteiger partial charge in [-0.3, -0.25) is 4.79 Å². The summed E-state index contributed by atoms with van der Waals surface area (Å²) in [5.74, 6) is 0.495. The third-order valence-corrected chi connectivity index (χ3v) is 2.94. The lowest BCUT2D eigenvalue weighted by molar-refractivity contribution is 0.0938. The molecule has 1 aromatic heterocycles. The maximum atomic E-state index is 11.9. The number of aromatic nitrogens is 2. The molecule has 0 radical (unpaired) electrons. The maximum Gasteiger partial charge on any atom is 0.254 e. The Kier molecular flexibility index (Phi) is 4.23. The molecular formula is C15H17N3O. The number of carbonyl (C=O) groups excluding carboxylic acids is 1. The Morgan fingerprint density at radius 1 is 1.21 bits per heavy atom. The van der Waals surface area contributed by atoms with Crippen molar-refractivity contribution in [1.29, 1.82) is 0 Å². The zero-order valence-electron chi connectivity index (χ0n) is 11.1. The van der Waals surface area contributed by atoms with Crippen molar-refractivity contribution in [2.45, 2.75) is 26.3 Å². The number of hydrogen-bond acceptors (Lipinski definition) is 3. The van der Waals surface area contributed by atoms with Gasteiger partial charge in [0, 0.05) is 24.0 Å². The van der Waals surface area contributed by atoms with E-state index < -0.39 is 0 Å². The Morgan fingerprint density at radius 2 is 1.84 bits per heavy atom. The Balaban J connectivity index is 2.13. The van der Waals surface area contributed by atoms with Gasteiger partial charge in [0.05, 0.1) is 5.56 Å². The fourth-order valence-corrected chi connectivity index (χ4v) is 1.59. The SMILES string of the molecule is CC[C@@H](C)NC(=O)c1cnc(-c2ccccc2)nc1. The third kappa shape index (κ3) is 3.37. The summed E-state index contributed by atoms with van der Waals surface area (Å²) in [6.07, 6.45) is 4.02. The number of rotatable bonds is 4. The lowest BCUT2D eigenvalue weighted by Gasteiger charge is -2.10. The molecular weight excluding hydrogens is 238 g/mol. The van der Waals surface area contributed by atoms with Crippen molar-refractivity contribution in [1.82, 2.24) is 15.3 Å². The molecule has 1 heterocycles. The van der Waals surface area contributed by atoms with E-state index in [0.717, 1.165) is 12.0 Å². The summed E-state index contributed by atoms with van der Waals surface area (Å²) < 4.78 is 0. The Morgan fingerprint density at radius 3 is 2.42 bits per heavy atom. The zero-order chi connectivity index (χ0) is 13.7. The van der Waals surface area contributed by atoms with Crippen molar-refractivity contribution in [3.63, 3.8) is 0 Å². The van der Waals surface area contributed by atoms with E-state index >= 15 is 0 Å². The number of hydrogen-bond donors (Lipinski definition) is 1. The summed E-state index contributed by atoms with van der Waals surface area (Å²) >= 11 is 0. The summed E-state index contributed by atoms with van der Waals surface area (Å²) in [5, 5.41) is 2.89. The predicted octanol–water partition coefficient (Wildman–Crippen LogP) is 2.67. The van der Waals surface area contributed by atoms with Crippen molar-refractivity contribution in [3.05, 3.63) is 48.3 Å². The second kappa shape index (κ2) is 6.09. The molecule has 0 spiro atoms. The van der Waals surface area contributed by atoms with Crippen LogP contribution in [0.1, 0.15) is 30.6 Å². The van der Waals surface area contributed by atoms with E-state index in [0.29, 0.717) is 11.4 Å². The lowest BCUT2D eigenvalue weighted by atomic mass is 10.2. The molecule has 0 unspecified atom stereocenters. The first-order valence-corrected chi connectivity index (χ1v) is 6.39. The standard InChI is InChI=1S/C15H17N3O/c1-3-11(2)18-15(19)13-9-16-14(17-10-13)12-7-5-4-6-8-12/h4-11H,3H2,1-2H3,(H,18,19)/t11-/m1/s1. The molecule has 1 atom stereocenters. The van der Waals surface area contributed by atoms with Crippen molar-refractivity contribution in [3.8, 4) is 11.4 Å². The topological polar surface area (TPSA) is 54.9 Å². The molecule has 98 valence electrons. The zero-order valence-corrected chi connectivity index (χ0v) is 11.1. The molecule has 4 nitrogen and oxygen atoms in total. The van der Waals surface area contributed by atoms with Crippen LogP contribution in [0.4, 0.5) is 0 Å². The fraction of sp³-hybridized carbons (Fsp3) is 0.267. The van der Waals surface area contributed by atoms with Crippen LogP contribution in [0.3, 0.4) is 0 Å². The second-order valence-electron chi connectivity index (χ2n) is 4.44. The van der Waals surface area contributed by atoms with Crippen LogP contribution in [-0.2, 0) is 0 Å². The van der Waals surface area contributed by atoms with Crippen molar-refractivity contribution >= 4 is 5.91 Å². The van der Waals surface area contributed by atoms with Gasteiger partial charge in [-0.2, -0.15) is 0 Å². The minimum atomic E-state index is -0.131. The van der Waals surface area contributed by atoms with Crippen LogP contribution in [0.15, 0.2) is 42.7 Å². The van der Waals surface area contributed by atoms with Crippen molar-refractivity contribution < 1.29 is 4.79 Å². The highest BCUT2D eigenvalue weighted by Crippen LogP contribution is 2.13. The Hall–Kier alpha value is -2.23. The van der Waals surface area contributed by atoms with Gasteiger partial charge in [0.15, 0.2) is 5.82 Å². The highest BCUT2D eigenvalue weighted by atomic mass is 16.1. The van der Waals surface area contributed by atoms with Crippen molar-refractivity contribution in [2.75, 3.05) is 0 Å². The summed E-state index contributed by atoms with van der Waals surface area (Å²) in [7, 11) is 0. The molecule has 0 bridgehead atoms. The van der Waals surface area contributed by atoms with Gasteiger partial charge in [0.1, 0.15) is 0 Å². The number of nitrogens with zero attached hydrogens (tertiary/aromatic N) is 2. The molecule has 1 amide bonds. The number of nitrogens with one attached hydrogen (secondary N) is 1. The van der Waals surface area contributed by atoms with Gasteiger partial charge in [-0.05, 0) is 13.3 Å². The first kappa shape index (κ1) is 13.2. The van der Waals surface area contributed by atoms with Gasteiger partial charge >= 0.3 is 0 Å². The first-order valence-electron chi connectivity index (χ1n) is 6.39. The minimum absolute atomic E-state index is 0.131. The molecule has 0 aliphatic carbocycles. The van der Waals surface area contributed by atoms with Gasteiger partial charge in [-0.25, -0.2) is 9.97 Å². The van der Waals surface area contributed by atoms with Gasteiger partial charge < -0.3 is 5.32 Å². The van der Waals surface area contributed by atoms with Gasteiger partial charge in [0.2, 0.25) is 0 Å². The van der Waals surface area contributed by atoms with Crippen LogP contribution in [0.5, 0.6) is 0 Å². The molecule has 0 aliphatic rings. The summed E-state index contributed by atoms with van der Waals surface area (Å²) in [5.41, 5.74) is 1.43. The smallest absolute Gasteiger partial charge is 0.254 e. The van der Waals surface area contributed by atoms with Crippen LogP contribution in [-0.4, -0.2) is 21.9 Å². The molecule has 19 heavy (non-hydrogen) atoms. The Labute approximate surface area is 112 Å². The molecule has 4 heteroatoms. The molecule has 1 aromatic carbocycles. The number of carbonyl (C=O) groups is 1. The molecule has 1 N–H and O–H groups in total. The summed E-state index contributed by atoms with van der Waals surface area (Å²) in [6, 6.07) is 9.84. The fourth-order valence-electron chi connectivity index (χ4n) is 1.59. The van der Waals surface area contributed by atoms with E-state index in [2.05, 4.69) is 15.3 Å². The molecule has 0 fully saturated rings. The van der Waals surface area contributed by atoms with Crippen molar-refractivity contribution in [2.24, 2.45) is 0 Å². The number of amides is 1. The molecule has 0 aliphatic heterocycles. The van der Waals surface area contributed by atoms with Crippen LogP contribution >= 0.6 is 0 Å². The maximum absolute atomic E-state index is 11.9. The van der Waals surface area contributed by atoms with E-state index in [9.17, 15) is 4.79 Å².